The van der Waals surface area contributed by atoms with Crippen LogP contribution in [0.4, 0.5) is 13.2 Å². The Morgan fingerprint density at radius 3 is 2.19 bits per heavy atom. The standard InChI is InChI=1S/C15H17ClF3NO/c1-9(2)10(3)20-8-13(16)14(21-20)11-4-6-12(7-5-11)15(17,18)19/h4-7,9-10H,8H2,1-3H3/t10-/m0/s1. The van der Waals surface area contributed by atoms with Crippen molar-refractivity contribution in [3.8, 4) is 0 Å². The fourth-order valence-electron chi connectivity index (χ4n) is 1.99. The molecule has 0 unspecified atom stereocenters. The van der Waals surface area contributed by atoms with Crippen LogP contribution < -0.4 is 0 Å². The number of hydrogen-bond acceptors (Lipinski definition) is 2. The molecule has 0 radical (unpaired) electrons. The Morgan fingerprint density at radius 2 is 1.71 bits per heavy atom. The monoisotopic (exact) mass is 319 g/mol. The van der Waals surface area contributed by atoms with E-state index in [2.05, 4.69) is 13.8 Å². The van der Waals surface area contributed by atoms with Crippen LogP contribution in [0.25, 0.3) is 5.76 Å². The molecule has 0 spiro atoms. The highest BCUT2D eigenvalue weighted by atomic mass is 35.5. The number of alkyl halides is 3. The third kappa shape index (κ3) is 3.52. The van der Waals surface area contributed by atoms with Crippen LogP contribution in [0.3, 0.4) is 0 Å². The van der Waals surface area contributed by atoms with Gasteiger partial charge in [-0.05, 0) is 25.0 Å². The van der Waals surface area contributed by atoms with Crippen molar-refractivity contribution in [1.29, 1.82) is 0 Å². The van der Waals surface area contributed by atoms with Gasteiger partial charge < -0.3 is 4.84 Å². The van der Waals surface area contributed by atoms with Crippen LogP contribution in [0.1, 0.15) is 31.9 Å². The molecule has 1 atom stereocenters. The normalized spacial score (nSPS) is 18.3. The number of halogens is 4. The molecule has 0 saturated heterocycles. The van der Waals surface area contributed by atoms with Gasteiger partial charge >= 0.3 is 6.18 Å². The summed E-state index contributed by atoms with van der Waals surface area (Å²) in [5, 5.41) is 2.25. The number of hydrogen-bond donors (Lipinski definition) is 0. The van der Waals surface area contributed by atoms with Crippen LogP contribution in [0, 0.1) is 5.92 Å². The molecule has 1 aliphatic heterocycles. The van der Waals surface area contributed by atoms with Gasteiger partial charge in [0.05, 0.1) is 17.1 Å². The summed E-state index contributed by atoms with van der Waals surface area (Å²) in [4.78, 5) is 5.71. The number of nitrogens with zero attached hydrogens (tertiary/aromatic N) is 1. The van der Waals surface area contributed by atoms with E-state index in [0.29, 0.717) is 28.8 Å². The molecule has 21 heavy (non-hydrogen) atoms. The molecule has 0 fully saturated rings. The van der Waals surface area contributed by atoms with Gasteiger partial charge in [0.2, 0.25) is 0 Å². The van der Waals surface area contributed by atoms with E-state index in [1.807, 2.05) is 6.92 Å². The van der Waals surface area contributed by atoms with E-state index in [1.165, 1.54) is 12.1 Å². The van der Waals surface area contributed by atoms with Gasteiger partial charge in [0.1, 0.15) is 0 Å². The van der Waals surface area contributed by atoms with Crippen molar-refractivity contribution < 1.29 is 18.0 Å². The van der Waals surface area contributed by atoms with Gasteiger partial charge in [0.25, 0.3) is 0 Å². The maximum absolute atomic E-state index is 12.6. The fourth-order valence-corrected chi connectivity index (χ4v) is 2.25. The van der Waals surface area contributed by atoms with Gasteiger partial charge in [-0.1, -0.05) is 37.6 Å². The fraction of sp³-hybridized carbons (Fsp3) is 0.467. The summed E-state index contributed by atoms with van der Waals surface area (Å²) in [6.45, 7) is 6.60. The Morgan fingerprint density at radius 1 is 1.14 bits per heavy atom. The zero-order chi connectivity index (χ0) is 15.8. The van der Waals surface area contributed by atoms with Crippen LogP contribution in [0.15, 0.2) is 29.3 Å². The van der Waals surface area contributed by atoms with Gasteiger partial charge in [-0.2, -0.15) is 13.2 Å². The first-order valence-corrected chi connectivity index (χ1v) is 7.09. The van der Waals surface area contributed by atoms with E-state index >= 15 is 0 Å². The average Bonchev–Trinajstić information content (AvgIpc) is 2.79. The van der Waals surface area contributed by atoms with Gasteiger partial charge in [-0.15, -0.1) is 5.06 Å². The summed E-state index contributed by atoms with van der Waals surface area (Å²) < 4.78 is 37.7. The Bertz CT molecular complexity index is 537. The van der Waals surface area contributed by atoms with Crippen LogP contribution in [0.5, 0.6) is 0 Å². The molecule has 1 heterocycles. The Balaban J connectivity index is 2.17. The molecule has 0 aliphatic carbocycles. The molecule has 0 aromatic heterocycles. The van der Waals surface area contributed by atoms with Crippen molar-refractivity contribution in [3.05, 3.63) is 40.4 Å². The van der Waals surface area contributed by atoms with Gasteiger partial charge in [0, 0.05) is 11.6 Å². The minimum Gasteiger partial charge on any atom is -0.403 e. The van der Waals surface area contributed by atoms with Crippen molar-refractivity contribution in [3.63, 3.8) is 0 Å². The van der Waals surface area contributed by atoms with Crippen LogP contribution in [0.2, 0.25) is 0 Å². The van der Waals surface area contributed by atoms with Crippen LogP contribution in [-0.4, -0.2) is 17.6 Å². The van der Waals surface area contributed by atoms with Crippen LogP contribution >= 0.6 is 11.6 Å². The first kappa shape index (κ1) is 16.2. The quantitative estimate of drug-likeness (QED) is 0.785. The Labute approximate surface area is 127 Å². The predicted octanol–water partition coefficient (Wildman–Crippen LogP) is 4.90. The first-order chi connectivity index (χ1) is 9.70. The second-order valence-electron chi connectivity index (χ2n) is 5.46. The summed E-state index contributed by atoms with van der Waals surface area (Å²) in [6, 6.07) is 4.98. The van der Waals surface area contributed by atoms with Crippen molar-refractivity contribution in [2.75, 3.05) is 6.54 Å². The Kier molecular flexibility index (Phi) is 4.54. The summed E-state index contributed by atoms with van der Waals surface area (Å²) in [7, 11) is 0. The first-order valence-electron chi connectivity index (χ1n) is 6.71. The van der Waals surface area contributed by atoms with E-state index in [0.717, 1.165) is 12.1 Å². The molecule has 0 N–H and O–H groups in total. The van der Waals surface area contributed by atoms with Crippen molar-refractivity contribution in [1.82, 2.24) is 5.06 Å². The summed E-state index contributed by atoms with van der Waals surface area (Å²) in [5.74, 6) is 0.805. The minimum atomic E-state index is -4.34. The molecule has 0 bridgehead atoms. The molecular weight excluding hydrogens is 303 g/mol. The predicted molar refractivity (Wildman–Crippen MR) is 76.3 cm³/mol. The average molecular weight is 320 g/mol. The van der Waals surface area contributed by atoms with Gasteiger partial charge in [-0.25, -0.2) is 0 Å². The van der Waals surface area contributed by atoms with E-state index in [1.54, 1.807) is 5.06 Å². The van der Waals surface area contributed by atoms with Crippen molar-refractivity contribution >= 4 is 17.4 Å². The third-order valence-corrected chi connectivity index (χ3v) is 3.93. The zero-order valence-electron chi connectivity index (χ0n) is 12.0. The van der Waals surface area contributed by atoms with Crippen molar-refractivity contribution in [2.45, 2.75) is 33.0 Å². The number of rotatable bonds is 3. The Hall–Kier alpha value is -1.20. The molecule has 116 valence electrons. The molecule has 1 aromatic rings. The second kappa shape index (κ2) is 5.89. The SMILES string of the molecule is CC(C)[C@H](C)N1CC(Cl)=C(c2ccc(C(F)(F)F)cc2)O1. The molecule has 6 heteroatoms. The lowest BCUT2D eigenvalue weighted by molar-refractivity contribution is -0.137. The van der Waals surface area contributed by atoms with E-state index in [-0.39, 0.29) is 6.04 Å². The summed E-state index contributed by atoms with van der Waals surface area (Å²) in [5.41, 5.74) is -0.139. The largest absolute Gasteiger partial charge is 0.416 e. The molecule has 0 saturated carbocycles. The maximum atomic E-state index is 12.6. The lowest BCUT2D eigenvalue weighted by Gasteiger charge is -2.26. The number of hydroxylamine groups is 2. The van der Waals surface area contributed by atoms with Crippen LogP contribution in [-0.2, 0) is 11.0 Å². The molecule has 1 aliphatic rings. The van der Waals surface area contributed by atoms with E-state index in [9.17, 15) is 13.2 Å². The molecule has 1 aromatic carbocycles. The van der Waals surface area contributed by atoms with Gasteiger partial charge in [-0.3, -0.25) is 0 Å². The lowest BCUT2D eigenvalue weighted by Crippen LogP contribution is -2.33. The lowest BCUT2D eigenvalue weighted by atomic mass is 10.1. The maximum Gasteiger partial charge on any atom is 0.416 e. The summed E-state index contributed by atoms with van der Waals surface area (Å²) >= 11 is 6.18. The molecule has 2 nitrogen and oxygen atoms in total. The number of benzene rings is 1. The molecule has 0 amide bonds. The molecule has 2 rings (SSSR count). The van der Waals surface area contributed by atoms with Gasteiger partial charge in [0.15, 0.2) is 5.76 Å². The topological polar surface area (TPSA) is 12.5 Å². The third-order valence-electron chi connectivity index (χ3n) is 3.64. The summed E-state index contributed by atoms with van der Waals surface area (Å²) in [6.07, 6.45) is -4.34. The highest BCUT2D eigenvalue weighted by molar-refractivity contribution is 6.32. The molecular formula is C15H17ClF3NO. The minimum absolute atomic E-state index is 0.158. The zero-order valence-corrected chi connectivity index (χ0v) is 12.8. The van der Waals surface area contributed by atoms with E-state index in [4.69, 9.17) is 16.4 Å². The second-order valence-corrected chi connectivity index (χ2v) is 5.92. The van der Waals surface area contributed by atoms with Crippen molar-refractivity contribution in [2.24, 2.45) is 5.92 Å². The smallest absolute Gasteiger partial charge is 0.403 e. The highest BCUT2D eigenvalue weighted by Crippen LogP contribution is 2.35. The highest BCUT2D eigenvalue weighted by Gasteiger charge is 2.32. The van der Waals surface area contributed by atoms with E-state index < -0.39 is 11.7 Å².